The largest absolute Gasteiger partial charge is 0.493 e. The van der Waals surface area contributed by atoms with E-state index in [-0.39, 0.29) is 23.2 Å². The van der Waals surface area contributed by atoms with Crippen LogP contribution in [0.3, 0.4) is 0 Å². The number of aryl methyl sites for hydroxylation is 2. The molecule has 10 heteroatoms. The SMILES string of the molecule is COc1cc(/C=C2/C(=O)NC(=S)N(c3ccccc3)C2=O)cc(Br)c1OCC(=O)Nc1ccc(C)c(C)c1. The van der Waals surface area contributed by atoms with Gasteiger partial charge in [-0.15, -0.1) is 0 Å². The predicted molar refractivity (Wildman–Crippen MR) is 153 cm³/mol. The molecule has 1 heterocycles. The molecule has 0 saturated carbocycles. The summed E-state index contributed by atoms with van der Waals surface area (Å²) < 4.78 is 11.7. The van der Waals surface area contributed by atoms with Crippen molar-refractivity contribution in [1.29, 1.82) is 0 Å². The molecule has 0 aliphatic carbocycles. The highest BCUT2D eigenvalue weighted by atomic mass is 79.9. The molecule has 0 spiro atoms. The van der Waals surface area contributed by atoms with E-state index in [0.29, 0.717) is 32.9 Å². The lowest BCUT2D eigenvalue weighted by atomic mass is 10.1. The van der Waals surface area contributed by atoms with Crippen LogP contribution in [0.1, 0.15) is 16.7 Å². The van der Waals surface area contributed by atoms with Crippen LogP contribution in [0.4, 0.5) is 11.4 Å². The number of thiocarbonyl (C=S) groups is 1. The number of benzene rings is 3. The first-order chi connectivity index (χ1) is 18.2. The summed E-state index contributed by atoms with van der Waals surface area (Å²) in [4.78, 5) is 39.6. The third-order valence-corrected chi connectivity index (χ3v) is 6.69. The monoisotopic (exact) mass is 593 g/mol. The summed E-state index contributed by atoms with van der Waals surface area (Å²) in [6, 6.07) is 17.7. The average Bonchev–Trinajstić information content (AvgIpc) is 2.88. The maximum atomic E-state index is 13.2. The number of methoxy groups -OCH3 is 1. The molecule has 0 radical (unpaired) electrons. The van der Waals surface area contributed by atoms with Crippen LogP contribution in [0.25, 0.3) is 6.08 Å². The molecular weight excluding hydrogens is 570 g/mol. The van der Waals surface area contributed by atoms with Crippen molar-refractivity contribution >= 4 is 68.4 Å². The second-order valence-corrected chi connectivity index (χ2v) is 9.70. The molecule has 0 atom stereocenters. The Hall–Kier alpha value is -4.02. The van der Waals surface area contributed by atoms with Crippen molar-refractivity contribution in [2.45, 2.75) is 13.8 Å². The summed E-state index contributed by atoms with van der Waals surface area (Å²) in [6.07, 6.45) is 1.44. The summed E-state index contributed by atoms with van der Waals surface area (Å²) in [6.45, 7) is 3.71. The van der Waals surface area contributed by atoms with Crippen LogP contribution >= 0.6 is 28.1 Å². The topological polar surface area (TPSA) is 97.0 Å². The highest BCUT2D eigenvalue weighted by Crippen LogP contribution is 2.37. The van der Waals surface area contributed by atoms with E-state index in [1.807, 2.05) is 38.1 Å². The number of para-hydroxylation sites is 1. The molecule has 1 fully saturated rings. The number of rotatable bonds is 7. The molecule has 0 unspecified atom stereocenters. The lowest BCUT2D eigenvalue weighted by Crippen LogP contribution is -2.54. The van der Waals surface area contributed by atoms with Crippen LogP contribution < -0.4 is 25.0 Å². The highest BCUT2D eigenvalue weighted by molar-refractivity contribution is 9.10. The Balaban J connectivity index is 1.54. The minimum Gasteiger partial charge on any atom is -0.493 e. The van der Waals surface area contributed by atoms with Crippen LogP contribution in [-0.4, -0.2) is 36.6 Å². The number of anilines is 2. The molecule has 3 amide bonds. The second-order valence-electron chi connectivity index (χ2n) is 8.46. The zero-order chi connectivity index (χ0) is 27.4. The normalized spacial score (nSPS) is 14.4. The van der Waals surface area contributed by atoms with Crippen LogP contribution in [-0.2, 0) is 14.4 Å². The highest BCUT2D eigenvalue weighted by Gasteiger charge is 2.34. The Morgan fingerprint density at radius 2 is 1.82 bits per heavy atom. The van der Waals surface area contributed by atoms with E-state index in [1.165, 1.54) is 18.1 Å². The van der Waals surface area contributed by atoms with E-state index in [9.17, 15) is 14.4 Å². The van der Waals surface area contributed by atoms with E-state index in [2.05, 4.69) is 26.6 Å². The summed E-state index contributed by atoms with van der Waals surface area (Å²) in [5.41, 5.74) is 3.81. The van der Waals surface area contributed by atoms with Crippen molar-refractivity contribution < 1.29 is 23.9 Å². The Kier molecular flexibility index (Phi) is 8.23. The Bertz CT molecular complexity index is 1470. The smallest absolute Gasteiger partial charge is 0.270 e. The number of halogens is 1. The van der Waals surface area contributed by atoms with Crippen LogP contribution in [0.15, 0.2) is 70.7 Å². The molecule has 0 aromatic heterocycles. The molecule has 3 aromatic rings. The number of hydrogen-bond acceptors (Lipinski definition) is 6. The molecule has 2 N–H and O–H groups in total. The van der Waals surface area contributed by atoms with Gasteiger partial charge in [0, 0.05) is 5.69 Å². The number of ether oxygens (including phenoxy) is 2. The first kappa shape index (κ1) is 27.0. The third-order valence-electron chi connectivity index (χ3n) is 5.82. The fraction of sp³-hybridized carbons (Fsp3) is 0.143. The lowest BCUT2D eigenvalue weighted by molar-refractivity contribution is -0.122. The zero-order valence-electron chi connectivity index (χ0n) is 20.8. The molecule has 1 aliphatic heterocycles. The molecule has 38 heavy (non-hydrogen) atoms. The van der Waals surface area contributed by atoms with Crippen LogP contribution in [0.5, 0.6) is 11.5 Å². The Morgan fingerprint density at radius 1 is 1.08 bits per heavy atom. The molecule has 4 rings (SSSR count). The van der Waals surface area contributed by atoms with E-state index in [0.717, 1.165) is 11.1 Å². The minimum absolute atomic E-state index is 0.00457. The van der Waals surface area contributed by atoms with Gasteiger partial charge in [0.05, 0.1) is 17.3 Å². The number of hydrogen-bond donors (Lipinski definition) is 2. The minimum atomic E-state index is -0.606. The van der Waals surface area contributed by atoms with Crippen LogP contribution in [0, 0.1) is 13.8 Å². The first-order valence-corrected chi connectivity index (χ1v) is 12.7. The number of carbonyl (C=O) groups excluding carboxylic acids is 3. The van der Waals surface area contributed by atoms with Crippen molar-refractivity contribution in [2.75, 3.05) is 23.9 Å². The number of nitrogens with one attached hydrogen (secondary N) is 2. The zero-order valence-corrected chi connectivity index (χ0v) is 23.2. The van der Waals surface area contributed by atoms with Crippen molar-refractivity contribution in [3.63, 3.8) is 0 Å². The summed E-state index contributed by atoms with van der Waals surface area (Å²) in [5.74, 6) is -0.885. The molecule has 3 aromatic carbocycles. The summed E-state index contributed by atoms with van der Waals surface area (Å²) in [5, 5.41) is 5.37. The van der Waals surface area contributed by atoms with E-state index >= 15 is 0 Å². The molecule has 0 bridgehead atoms. The van der Waals surface area contributed by atoms with Gasteiger partial charge in [0.1, 0.15) is 5.57 Å². The van der Waals surface area contributed by atoms with Gasteiger partial charge in [-0.3, -0.25) is 24.6 Å². The van der Waals surface area contributed by atoms with Gasteiger partial charge in [0.2, 0.25) is 0 Å². The van der Waals surface area contributed by atoms with Gasteiger partial charge in [-0.05, 0) is 101 Å². The predicted octanol–water partition coefficient (Wildman–Crippen LogP) is 4.92. The fourth-order valence-corrected chi connectivity index (χ4v) is 4.61. The molecule has 194 valence electrons. The van der Waals surface area contributed by atoms with Gasteiger partial charge < -0.3 is 14.8 Å². The fourth-order valence-electron chi connectivity index (χ4n) is 3.75. The van der Waals surface area contributed by atoms with E-state index in [4.69, 9.17) is 21.7 Å². The molecule has 1 aliphatic rings. The van der Waals surface area contributed by atoms with Gasteiger partial charge in [0.25, 0.3) is 17.7 Å². The number of amides is 3. The number of carbonyl (C=O) groups is 3. The maximum Gasteiger partial charge on any atom is 0.270 e. The first-order valence-electron chi connectivity index (χ1n) is 11.5. The summed E-state index contributed by atoms with van der Waals surface area (Å²) >= 11 is 8.67. The standard InChI is InChI=1S/C28H24BrN3O5S/c1-16-9-10-19(11-17(16)2)30-24(33)15-37-25-22(29)13-18(14-23(25)36-3)12-21-26(34)31-28(38)32(27(21)35)20-7-5-4-6-8-20/h4-14H,15H2,1-3H3,(H,30,33)(H,31,34,38)/b21-12-. The summed E-state index contributed by atoms with van der Waals surface area (Å²) in [7, 11) is 1.45. The maximum absolute atomic E-state index is 13.2. The van der Waals surface area contributed by atoms with Crippen molar-refractivity contribution in [1.82, 2.24) is 5.32 Å². The van der Waals surface area contributed by atoms with E-state index in [1.54, 1.807) is 36.4 Å². The third kappa shape index (κ3) is 5.92. The molecule has 1 saturated heterocycles. The Morgan fingerprint density at radius 3 is 2.50 bits per heavy atom. The molecule has 8 nitrogen and oxygen atoms in total. The van der Waals surface area contributed by atoms with Gasteiger partial charge in [-0.1, -0.05) is 24.3 Å². The average molecular weight is 594 g/mol. The quantitative estimate of drug-likeness (QED) is 0.229. The van der Waals surface area contributed by atoms with Crippen LogP contribution in [0.2, 0.25) is 0 Å². The van der Waals surface area contributed by atoms with Gasteiger partial charge in [-0.25, -0.2) is 0 Å². The van der Waals surface area contributed by atoms with Gasteiger partial charge in [0.15, 0.2) is 23.2 Å². The second kappa shape index (κ2) is 11.6. The van der Waals surface area contributed by atoms with Crippen molar-refractivity contribution in [3.8, 4) is 11.5 Å². The van der Waals surface area contributed by atoms with Crippen molar-refractivity contribution in [3.05, 3.63) is 87.4 Å². The lowest BCUT2D eigenvalue weighted by Gasteiger charge is -2.28. The van der Waals surface area contributed by atoms with Gasteiger partial charge >= 0.3 is 0 Å². The van der Waals surface area contributed by atoms with Crippen molar-refractivity contribution in [2.24, 2.45) is 0 Å². The van der Waals surface area contributed by atoms with Gasteiger partial charge in [-0.2, -0.15) is 0 Å². The van der Waals surface area contributed by atoms with E-state index < -0.39 is 11.8 Å². The number of nitrogens with zero attached hydrogens (tertiary/aromatic N) is 1. The molecular formula is C28H24BrN3O5S. The Labute approximate surface area is 233 Å².